The van der Waals surface area contributed by atoms with Crippen molar-refractivity contribution in [1.82, 2.24) is 15.1 Å². The molecule has 1 aromatic heterocycles. The molecule has 1 fully saturated rings. The molecule has 1 aromatic rings. The van der Waals surface area contributed by atoms with E-state index in [0.717, 1.165) is 12.8 Å². The molecule has 21 heavy (non-hydrogen) atoms. The van der Waals surface area contributed by atoms with Crippen LogP contribution in [0.25, 0.3) is 0 Å². The lowest BCUT2D eigenvalue weighted by Crippen LogP contribution is -2.42. The van der Waals surface area contributed by atoms with Crippen molar-refractivity contribution in [1.29, 1.82) is 0 Å². The van der Waals surface area contributed by atoms with Gasteiger partial charge in [0.15, 0.2) is 0 Å². The molecule has 0 aromatic carbocycles. The number of aromatic nitrogens is 2. The number of carbonyl (C=O) groups is 1. The zero-order chi connectivity index (χ0) is 15.0. The number of hydrogen-bond acceptors (Lipinski definition) is 6. The van der Waals surface area contributed by atoms with Gasteiger partial charge in [0.05, 0.1) is 0 Å². The van der Waals surface area contributed by atoms with Crippen molar-refractivity contribution in [2.24, 2.45) is 5.16 Å². The van der Waals surface area contributed by atoms with Crippen LogP contribution in [0, 0.1) is 0 Å². The van der Waals surface area contributed by atoms with Gasteiger partial charge in [0, 0.05) is 25.4 Å². The first-order valence-corrected chi connectivity index (χ1v) is 7.04. The van der Waals surface area contributed by atoms with E-state index in [9.17, 15) is 9.59 Å². The quantitative estimate of drug-likeness (QED) is 0.861. The lowest BCUT2D eigenvalue weighted by Gasteiger charge is -2.30. The van der Waals surface area contributed by atoms with Crippen molar-refractivity contribution in [2.75, 3.05) is 13.1 Å². The maximum Gasteiger partial charge on any atom is 0.434 e. The fourth-order valence-corrected chi connectivity index (χ4v) is 2.69. The summed E-state index contributed by atoms with van der Waals surface area (Å²) in [5, 5.41) is 10.0. The highest BCUT2D eigenvalue weighted by molar-refractivity contribution is 6.39. The lowest BCUT2D eigenvalue weighted by atomic mass is 9.95. The van der Waals surface area contributed by atoms with Crippen LogP contribution in [-0.2, 0) is 9.63 Å². The molecule has 1 saturated heterocycles. The Bertz CT molecular complexity index is 622. The van der Waals surface area contributed by atoms with E-state index < -0.39 is 11.4 Å². The second-order valence-electron chi connectivity index (χ2n) is 6.08. The molecule has 0 aliphatic carbocycles. The summed E-state index contributed by atoms with van der Waals surface area (Å²) in [5.41, 5.74) is 0.0756. The van der Waals surface area contributed by atoms with Gasteiger partial charge in [-0.2, -0.15) is 0 Å². The van der Waals surface area contributed by atoms with E-state index in [-0.39, 0.29) is 11.8 Å². The molecule has 0 atom stereocenters. The molecule has 2 aliphatic heterocycles. The van der Waals surface area contributed by atoms with Crippen molar-refractivity contribution in [3.05, 3.63) is 16.4 Å². The van der Waals surface area contributed by atoms with Crippen molar-refractivity contribution in [3.63, 3.8) is 0 Å². The Morgan fingerprint density at radius 2 is 2.10 bits per heavy atom. The Labute approximate surface area is 121 Å². The van der Waals surface area contributed by atoms with E-state index in [1.807, 2.05) is 13.8 Å². The molecule has 0 spiro atoms. The third kappa shape index (κ3) is 2.84. The van der Waals surface area contributed by atoms with Crippen molar-refractivity contribution < 1.29 is 14.0 Å². The van der Waals surface area contributed by atoms with Crippen LogP contribution < -0.4 is 5.76 Å². The summed E-state index contributed by atoms with van der Waals surface area (Å²) >= 11 is 0. The largest absolute Gasteiger partial charge is 0.434 e. The molecule has 0 bridgehead atoms. The molecule has 0 unspecified atom stereocenters. The van der Waals surface area contributed by atoms with Crippen LogP contribution >= 0.6 is 0 Å². The van der Waals surface area contributed by atoms with E-state index >= 15 is 0 Å². The first-order chi connectivity index (χ1) is 9.94. The van der Waals surface area contributed by atoms with Crippen LogP contribution in [-0.4, -0.2) is 45.4 Å². The van der Waals surface area contributed by atoms with E-state index in [2.05, 4.69) is 15.4 Å². The molecule has 1 amide bonds. The fourth-order valence-electron chi connectivity index (χ4n) is 2.69. The molecule has 0 saturated carbocycles. The van der Waals surface area contributed by atoms with E-state index in [4.69, 9.17) is 9.25 Å². The summed E-state index contributed by atoms with van der Waals surface area (Å²) in [6, 6.07) is 0. The summed E-state index contributed by atoms with van der Waals surface area (Å²) in [6.07, 6.45) is 1.97. The highest BCUT2D eigenvalue weighted by atomic mass is 16.7. The Morgan fingerprint density at radius 3 is 2.62 bits per heavy atom. The normalized spacial score (nSPS) is 22.0. The third-order valence-corrected chi connectivity index (χ3v) is 3.83. The summed E-state index contributed by atoms with van der Waals surface area (Å²) in [5.74, 6) is -0.105. The number of amides is 1. The second-order valence-corrected chi connectivity index (χ2v) is 6.08. The number of likely N-dealkylation sites (tertiary alicyclic amines) is 1. The Balaban J connectivity index is 1.59. The molecule has 1 N–H and O–H groups in total. The minimum Gasteiger partial charge on any atom is -0.392 e. The maximum atomic E-state index is 12.4. The number of aromatic amines is 1. The Hall–Kier alpha value is -2.12. The second kappa shape index (κ2) is 5.01. The number of hydrogen-bond donors (Lipinski definition) is 1. The first-order valence-electron chi connectivity index (χ1n) is 7.04. The SMILES string of the molecule is CC1(C)CC(C(=O)N2CCC(c3n[nH]c(=O)o3)CC2)=NO1. The summed E-state index contributed by atoms with van der Waals surface area (Å²) in [6.45, 7) is 5.00. The molecular weight excluding hydrogens is 276 g/mol. The molecule has 114 valence electrons. The van der Waals surface area contributed by atoms with E-state index in [0.29, 0.717) is 31.1 Å². The summed E-state index contributed by atoms with van der Waals surface area (Å²) in [4.78, 5) is 30.3. The average Bonchev–Trinajstić information content (AvgIpc) is 3.04. The number of carbonyl (C=O) groups excluding carboxylic acids is 1. The molecule has 8 heteroatoms. The predicted molar refractivity (Wildman–Crippen MR) is 72.9 cm³/mol. The van der Waals surface area contributed by atoms with Gasteiger partial charge in [-0.25, -0.2) is 9.89 Å². The fraction of sp³-hybridized carbons (Fsp3) is 0.692. The number of oxime groups is 1. The zero-order valence-electron chi connectivity index (χ0n) is 12.1. The highest BCUT2D eigenvalue weighted by Gasteiger charge is 2.36. The van der Waals surface area contributed by atoms with Gasteiger partial charge in [-0.1, -0.05) is 5.16 Å². The molecule has 8 nitrogen and oxygen atoms in total. The number of nitrogens with zero attached hydrogens (tertiary/aromatic N) is 3. The van der Waals surface area contributed by atoms with Gasteiger partial charge in [0.25, 0.3) is 5.91 Å². The Kier molecular flexibility index (Phi) is 3.30. The van der Waals surface area contributed by atoms with Crippen molar-refractivity contribution >= 4 is 11.6 Å². The van der Waals surface area contributed by atoms with Crippen LogP contribution in [0.4, 0.5) is 0 Å². The van der Waals surface area contributed by atoms with E-state index in [1.165, 1.54) is 0 Å². The molecule has 3 heterocycles. The van der Waals surface area contributed by atoms with Crippen LogP contribution in [0.5, 0.6) is 0 Å². The van der Waals surface area contributed by atoms with Crippen LogP contribution in [0.3, 0.4) is 0 Å². The number of piperidine rings is 1. The summed E-state index contributed by atoms with van der Waals surface area (Å²) < 4.78 is 4.98. The lowest BCUT2D eigenvalue weighted by molar-refractivity contribution is -0.125. The van der Waals surface area contributed by atoms with Crippen LogP contribution in [0.2, 0.25) is 0 Å². The smallest absolute Gasteiger partial charge is 0.392 e. The van der Waals surface area contributed by atoms with Gasteiger partial charge in [-0.15, -0.1) is 5.10 Å². The highest BCUT2D eigenvalue weighted by Crippen LogP contribution is 2.28. The standard InChI is InChI=1S/C13H18N4O4/c1-13(2)7-9(16-21-13)11(18)17-5-3-8(4-6-17)10-14-15-12(19)20-10/h8H,3-7H2,1-2H3,(H,15,19). The number of nitrogens with one attached hydrogen (secondary N) is 1. The van der Waals surface area contributed by atoms with Gasteiger partial charge < -0.3 is 14.2 Å². The van der Waals surface area contributed by atoms with Crippen LogP contribution in [0.1, 0.15) is 44.9 Å². The van der Waals surface area contributed by atoms with Gasteiger partial charge in [0.2, 0.25) is 5.89 Å². The van der Waals surface area contributed by atoms with Crippen LogP contribution in [0.15, 0.2) is 14.4 Å². The minimum atomic E-state index is -0.539. The molecular formula is C13H18N4O4. The Morgan fingerprint density at radius 1 is 1.38 bits per heavy atom. The third-order valence-electron chi connectivity index (χ3n) is 3.83. The minimum absolute atomic E-state index is 0.0671. The van der Waals surface area contributed by atoms with Crippen molar-refractivity contribution in [3.8, 4) is 0 Å². The number of H-pyrrole nitrogens is 1. The average molecular weight is 294 g/mol. The molecule has 2 aliphatic rings. The molecule has 0 radical (unpaired) electrons. The van der Waals surface area contributed by atoms with Gasteiger partial charge in [0.1, 0.15) is 11.3 Å². The predicted octanol–water partition coefficient (Wildman–Crippen LogP) is 0.624. The molecule has 3 rings (SSSR count). The first kappa shape index (κ1) is 13.8. The topological polar surface area (TPSA) is 101 Å². The van der Waals surface area contributed by atoms with Gasteiger partial charge >= 0.3 is 5.76 Å². The van der Waals surface area contributed by atoms with E-state index in [1.54, 1.807) is 4.90 Å². The monoisotopic (exact) mass is 294 g/mol. The van der Waals surface area contributed by atoms with Gasteiger partial charge in [-0.05, 0) is 26.7 Å². The maximum absolute atomic E-state index is 12.4. The van der Waals surface area contributed by atoms with Crippen molar-refractivity contribution in [2.45, 2.75) is 44.6 Å². The summed E-state index contributed by atoms with van der Waals surface area (Å²) in [7, 11) is 0. The van der Waals surface area contributed by atoms with Gasteiger partial charge in [-0.3, -0.25) is 4.79 Å². The number of rotatable bonds is 2. The zero-order valence-corrected chi connectivity index (χ0v) is 12.1.